The highest BCUT2D eigenvalue weighted by Gasteiger charge is 2.20. The van der Waals surface area contributed by atoms with Gasteiger partial charge in [-0.05, 0) is 56.2 Å². The predicted molar refractivity (Wildman–Crippen MR) is 141 cm³/mol. The van der Waals surface area contributed by atoms with Crippen LogP contribution < -0.4 is 5.56 Å². The summed E-state index contributed by atoms with van der Waals surface area (Å²) in [5, 5.41) is 21.7. The van der Waals surface area contributed by atoms with Crippen LogP contribution in [0.15, 0.2) is 64.2 Å². The molecule has 0 amide bonds. The van der Waals surface area contributed by atoms with Crippen LogP contribution in [0, 0.1) is 32.1 Å². The summed E-state index contributed by atoms with van der Waals surface area (Å²) in [5.74, 6) is 0.212. The minimum atomic E-state index is -0.147. The zero-order valence-electron chi connectivity index (χ0n) is 19.3. The van der Waals surface area contributed by atoms with Crippen molar-refractivity contribution in [1.82, 2.24) is 19.5 Å². The van der Waals surface area contributed by atoms with Crippen LogP contribution in [-0.4, -0.2) is 30.4 Å². The first-order valence-corrected chi connectivity index (χ1v) is 12.7. The number of thiophene rings is 1. The van der Waals surface area contributed by atoms with Gasteiger partial charge in [-0.2, -0.15) is 5.26 Å². The number of fused-ring (bicyclic) bond motifs is 2. The molecule has 0 aliphatic rings. The van der Waals surface area contributed by atoms with E-state index in [1.54, 1.807) is 4.57 Å². The van der Waals surface area contributed by atoms with Crippen molar-refractivity contribution in [2.24, 2.45) is 0 Å². The van der Waals surface area contributed by atoms with Crippen LogP contribution in [0.4, 0.5) is 0 Å². The fourth-order valence-corrected chi connectivity index (χ4v) is 5.86. The van der Waals surface area contributed by atoms with Crippen LogP contribution >= 0.6 is 23.1 Å². The smallest absolute Gasteiger partial charge is 0.267 e. The molecule has 0 saturated carbocycles. The second kappa shape index (κ2) is 9.06. The monoisotopic (exact) mass is 499 g/mol. The minimum absolute atomic E-state index is 0.0487. The standard InChI is InChI=1S/C26H21N5O2S2/c1-14-7-6-8-17(11-14)31-25(33)22-15(2)16(3)35-24(22)30-26(31)34-13-21(32)18(12-27)23-28-19-9-4-5-10-20(19)29-23/h4-11,32H,13H2,1-3H3,(H,28,29). The molecule has 0 atom stereocenters. The molecular formula is C26H21N5O2S2. The van der Waals surface area contributed by atoms with Crippen molar-refractivity contribution in [1.29, 1.82) is 5.26 Å². The zero-order valence-corrected chi connectivity index (χ0v) is 20.9. The van der Waals surface area contributed by atoms with Crippen LogP contribution in [0.25, 0.3) is 32.5 Å². The number of allylic oxidation sites excluding steroid dienone is 1. The number of hydrogen-bond donors (Lipinski definition) is 2. The topological polar surface area (TPSA) is 108 Å². The molecule has 0 aliphatic heterocycles. The molecule has 2 aromatic carbocycles. The minimum Gasteiger partial charge on any atom is -0.510 e. The molecule has 3 heterocycles. The van der Waals surface area contributed by atoms with E-state index in [2.05, 4.69) is 16.0 Å². The number of nitrogens with zero attached hydrogens (tertiary/aromatic N) is 4. The normalized spacial score (nSPS) is 12.2. The third-order valence-electron chi connectivity index (χ3n) is 5.80. The highest BCUT2D eigenvalue weighted by molar-refractivity contribution is 7.99. The Kier molecular flexibility index (Phi) is 5.93. The number of para-hydroxylation sites is 2. The van der Waals surface area contributed by atoms with Gasteiger partial charge in [-0.3, -0.25) is 9.36 Å². The van der Waals surface area contributed by atoms with Crippen molar-refractivity contribution in [2.45, 2.75) is 25.9 Å². The van der Waals surface area contributed by atoms with Gasteiger partial charge in [0, 0.05) is 4.88 Å². The number of rotatable bonds is 5. The van der Waals surface area contributed by atoms with E-state index < -0.39 is 0 Å². The van der Waals surface area contributed by atoms with E-state index >= 15 is 0 Å². The molecule has 7 nitrogen and oxygen atoms in total. The molecule has 0 spiro atoms. The molecule has 9 heteroatoms. The fourth-order valence-electron chi connectivity index (χ4n) is 3.90. The number of aromatic amines is 1. The van der Waals surface area contributed by atoms with E-state index in [0.717, 1.165) is 21.5 Å². The van der Waals surface area contributed by atoms with E-state index in [9.17, 15) is 15.2 Å². The molecule has 174 valence electrons. The third-order valence-corrected chi connectivity index (χ3v) is 7.85. The summed E-state index contributed by atoms with van der Waals surface area (Å²) in [6.07, 6.45) is 0. The fraction of sp³-hybridized carbons (Fsp3) is 0.154. The molecule has 5 aromatic rings. The number of H-pyrrole nitrogens is 1. The second-order valence-electron chi connectivity index (χ2n) is 8.16. The Bertz CT molecular complexity index is 1700. The predicted octanol–water partition coefficient (Wildman–Crippen LogP) is 5.83. The lowest BCUT2D eigenvalue weighted by Gasteiger charge is -2.13. The second-order valence-corrected chi connectivity index (χ2v) is 10.3. The first-order valence-electron chi connectivity index (χ1n) is 10.9. The van der Waals surface area contributed by atoms with Gasteiger partial charge in [-0.1, -0.05) is 36.0 Å². The van der Waals surface area contributed by atoms with E-state index in [0.29, 0.717) is 32.4 Å². The van der Waals surface area contributed by atoms with E-state index in [1.807, 2.05) is 69.3 Å². The lowest BCUT2D eigenvalue weighted by atomic mass is 10.2. The average molecular weight is 500 g/mol. The average Bonchev–Trinajstić information content (AvgIpc) is 3.38. The Morgan fingerprint density at radius 1 is 1.17 bits per heavy atom. The first-order chi connectivity index (χ1) is 16.9. The van der Waals surface area contributed by atoms with Crippen LogP contribution in [0.1, 0.15) is 21.8 Å². The third kappa shape index (κ3) is 4.11. The summed E-state index contributed by atoms with van der Waals surface area (Å²) in [6, 6.07) is 17.1. The molecule has 0 bridgehead atoms. The number of nitriles is 1. The van der Waals surface area contributed by atoms with Crippen LogP contribution in [0.2, 0.25) is 0 Å². The lowest BCUT2D eigenvalue weighted by molar-refractivity contribution is 0.420. The number of benzene rings is 2. The maximum absolute atomic E-state index is 13.6. The number of thioether (sulfide) groups is 1. The summed E-state index contributed by atoms with van der Waals surface area (Å²) >= 11 is 2.68. The highest BCUT2D eigenvalue weighted by Crippen LogP contribution is 2.31. The Morgan fingerprint density at radius 2 is 1.97 bits per heavy atom. The Hall–Kier alpha value is -3.87. The SMILES string of the molecule is Cc1cccc(-n2c(SCC(O)=C(C#N)c3nc4ccccc4[nH]3)nc3sc(C)c(C)c3c2=O)c1. The van der Waals surface area contributed by atoms with Gasteiger partial charge >= 0.3 is 0 Å². The molecule has 0 unspecified atom stereocenters. The molecular weight excluding hydrogens is 478 g/mol. The number of imidazole rings is 1. The zero-order chi connectivity index (χ0) is 24.7. The molecule has 5 rings (SSSR count). The van der Waals surface area contributed by atoms with Crippen molar-refractivity contribution >= 4 is 49.9 Å². The molecule has 0 radical (unpaired) electrons. The molecule has 0 aliphatic carbocycles. The Morgan fingerprint density at radius 3 is 2.71 bits per heavy atom. The first kappa shape index (κ1) is 22.9. The van der Waals surface area contributed by atoms with Gasteiger partial charge in [0.1, 0.15) is 22.2 Å². The van der Waals surface area contributed by atoms with Crippen molar-refractivity contribution in [3.8, 4) is 11.8 Å². The quantitative estimate of drug-likeness (QED) is 0.136. The van der Waals surface area contributed by atoms with E-state index in [-0.39, 0.29) is 22.6 Å². The molecule has 35 heavy (non-hydrogen) atoms. The largest absolute Gasteiger partial charge is 0.510 e. The van der Waals surface area contributed by atoms with Gasteiger partial charge in [0.25, 0.3) is 5.56 Å². The van der Waals surface area contributed by atoms with Crippen LogP contribution in [0.3, 0.4) is 0 Å². The summed E-state index contributed by atoms with van der Waals surface area (Å²) in [7, 11) is 0. The number of nitrogens with one attached hydrogen (secondary N) is 1. The van der Waals surface area contributed by atoms with Gasteiger partial charge in [0.2, 0.25) is 0 Å². The molecule has 0 saturated heterocycles. The maximum atomic E-state index is 13.6. The summed E-state index contributed by atoms with van der Waals surface area (Å²) in [5.41, 5.74) is 4.05. The van der Waals surface area contributed by atoms with E-state index in [1.165, 1.54) is 23.1 Å². The Balaban J connectivity index is 1.59. The molecule has 2 N–H and O–H groups in total. The van der Waals surface area contributed by atoms with Crippen molar-refractivity contribution < 1.29 is 5.11 Å². The van der Waals surface area contributed by atoms with Gasteiger partial charge in [0.05, 0.1) is 27.9 Å². The van der Waals surface area contributed by atoms with E-state index in [4.69, 9.17) is 4.98 Å². The maximum Gasteiger partial charge on any atom is 0.267 e. The summed E-state index contributed by atoms with van der Waals surface area (Å²) < 4.78 is 1.58. The number of aliphatic hydroxyl groups is 1. The van der Waals surface area contributed by atoms with Gasteiger partial charge in [0.15, 0.2) is 11.0 Å². The number of aliphatic hydroxyl groups excluding tert-OH is 1. The van der Waals surface area contributed by atoms with Gasteiger partial charge in [-0.25, -0.2) is 9.97 Å². The summed E-state index contributed by atoms with van der Waals surface area (Å²) in [6.45, 7) is 5.88. The van der Waals surface area contributed by atoms with Crippen molar-refractivity contribution in [3.05, 3.63) is 86.5 Å². The molecule has 0 fully saturated rings. The van der Waals surface area contributed by atoms with Crippen molar-refractivity contribution in [3.63, 3.8) is 0 Å². The Labute approximate surface area is 209 Å². The highest BCUT2D eigenvalue weighted by atomic mass is 32.2. The van der Waals surface area contributed by atoms with Crippen LogP contribution in [0.5, 0.6) is 0 Å². The van der Waals surface area contributed by atoms with Gasteiger partial charge in [-0.15, -0.1) is 11.3 Å². The van der Waals surface area contributed by atoms with Crippen LogP contribution in [-0.2, 0) is 0 Å². The summed E-state index contributed by atoms with van der Waals surface area (Å²) in [4.78, 5) is 27.6. The lowest BCUT2D eigenvalue weighted by Crippen LogP contribution is -2.22. The van der Waals surface area contributed by atoms with Crippen molar-refractivity contribution in [2.75, 3.05) is 5.75 Å². The number of hydrogen-bond acceptors (Lipinski definition) is 7. The number of aryl methyl sites for hydroxylation is 3. The molecule has 3 aromatic heterocycles. The van der Waals surface area contributed by atoms with Gasteiger partial charge < -0.3 is 10.1 Å². The number of aromatic nitrogens is 4.